The molecule has 1 heterocycles. The molecule has 0 N–H and O–H groups in total. The maximum Gasteiger partial charge on any atom is 0.161 e. The zero-order valence-electron chi connectivity index (χ0n) is 15.0. The molecule has 0 radical (unpaired) electrons. The zero-order valence-corrected chi connectivity index (χ0v) is 16.6. The van der Waals surface area contributed by atoms with E-state index in [1.165, 1.54) is 19.3 Å². The number of ether oxygens (including phenoxy) is 2. The first-order valence-electron chi connectivity index (χ1n) is 9.10. The van der Waals surface area contributed by atoms with Crippen molar-refractivity contribution in [1.29, 1.82) is 0 Å². The van der Waals surface area contributed by atoms with Crippen LogP contribution in [0.5, 0.6) is 11.5 Å². The van der Waals surface area contributed by atoms with E-state index >= 15 is 0 Å². The van der Waals surface area contributed by atoms with Gasteiger partial charge in [0.2, 0.25) is 0 Å². The summed E-state index contributed by atoms with van der Waals surface area (Å²) < 4.78 is 11.8. The number of likely N-dealkylation sites (tertiary alicyclic amines) is 1. The van der Waals surface area contributed by atoms with Crippen LogP contribution < -0.4 is 9.47 Å². The summed E-state index contributed by atoms with van der Waals surface area (Å²) in [4.78, 5) is 3.18. The van der Waals surface area contributed by atoms with Crippen LogP contribution in [0.3, 0.4) is 0 Å². The number of benzene rings is 2. The van der Waals surface area contributed by atoms with Gasteiger partial charge in [-0.2, -0.15) is 0 Å². The Kier molecular flexibility index (Phi) is 6.75. The van der Waals surface area contributed by atoms with Crippen molar-refractivity contribution in [3.05, 3.63) is 58.6 Å². The van der Waals surface area contributed by atoms with Crippen LogP contribution in [-0.4, -0.2) is 29.6 Å². The molecule has 3 rings (SSSR count). The Bertz CT molecular complexity index is 759. The lowest BCUT2D eigenvalue weighted by molar-refractivity contribution is 0.269. The molecule has 1 fully saturated rings. The van der Waals surface area contributed by atoms with Gasteiger partial charge in [0.1, 0.15) is 11.6 Å². The third kappa shape index (κ3) is 4.89. The van der Waals surface area contributed by atoms with Gasteiger partial charge in [0.15, 0.2) is 11.5 Å². The zero-order chi connectivity index (χ0) is 18.4. The molecule has 0 atom stereocenters. The molecular weight excluding hydrogens is 366 g/mol. The lowest BCUT2D eigenvalue weighted by atomic mass is 10.1. The monoisotopic (exact) mass is 389 g/mol. The SMILES string of the molecule is CCOc1cc(C(=S)N2CCCCC2)ccc1OCc1cccc(Cl)c1. The quantitative estimate of drug-likeness (QED) is 0.610. The van der Waals surface area contributed by atoms with Gasteiger partial charge in [-0.1, -0.05) is 36.0 Å². The summed E-state index contributed by atoms with van der Waals surface area (Å²) in [5.41, 5.74) is 2.04. The Hall–Kier alpha value is -1.78. The van der Waals surface area contributed by atoms with Crippen molar-refractivity contribution in [2.45, 2.75) is 32.8 Å². The summed E-state index contributed by atoms with van der Waals surface area (Å²) in [6.45, 7) is 5.06. The van der Waals surface area contributed by atoms with E-state index in [-0.39, 0.29) is 0 Å². The normalized spacial score (nSPS) is 14.2. The predicted octanol–water partition coefficient (Wildman–Crippen LogP) is 5.48. The highest BCUT2D eigenvalue weighted by atomic mass is 35.5. The predicted molar refractivity (Wildman–Crippen MR) is 111 cm³/mol. The molecule has 0 aliphatic carbocycles. The van der Waals surface area contributed by atoms with Crippen molar-refractivity contribution in [3.8, 4) is 11.5 Å². The average Bonchev–Trinajstić information content (AvgIpc) is 2.67. The molecule has 0 bridgehead atoms. The molecule has 5 heteroatoms. The first-order valence-corrected chi connectivity index (χ1v) is 9.89. The second-order valence-electron chi connectivity index (χ2n) is 6.37. The summed E-state index contributed by atoms with van der Waals surface area (Å²) in [7, 11) is 0. The number of hydrogen-bond donors (Lipinski definition) is 0. The number of thiocarbonyl (C=S) groups is 1. The molecule has 0 unspecified atom stereocenters. The first-order chi connectivity index (χ1) is 12.7. The first kappa shape index (κ1) is 19.0. The molecule has 1 aliphatic heterocycles. The van der Waals surface area contributed by atoms with Crippen LogP contribution in [0.25, 0.3) is 0 Å². The number of rotatable bonds is 6. The summed E-state index contributed by atoms with van der Waals surface area (Å²) in [5.74, 6) is 1.45. The van der Waals surface area contributed by atoms with E-state index in [2.05, 4.69) is 4.90 Å². The van der Waals surface area contributed by atoms with Crippen molar-refractivity contribution in [3.63, 3.8) is 0 Å². The molecule has 2 aromatic carbocycles. The summed E-state index contributed by atoms with van der Waals surface area (Å²) in [5, 5.41) is 0.707. The molecule has 1 saturated heterocycles. The number of halogens is 1. The maximum absolute atomic E-state index is 6.04. The van der Waals surface area contributed by atoms with Crippen molar-refractivity contribution >= 4 is 28.8 Å². The molecule has 26 heavy (non-hydrogen) atoms. The third-order valence-corrected chi connectivity index (χ3v) is 5.15. The van der Waals surface area contributed by atoms with Gasteiger partial charge in [-0.05, 0) is 62.1 Å². The fourth-order valence-corrected chi connectivity index (χ4v) is 3.62. The van der Waals surface area contributed by atoms with E-state index in [9.17, 15) is 0 Å². The smallest absolute Gasteiger partial charge is 0.161 e. The van der Waals surface area contributed by atoms with E-state index in [1.807, 2.05) is 49.4 Å². The van der Waals surface area contributed by atoms with Crippen LogP contribution >= 0.6 is 23.8 Å². The number of nitrogens with zero attached hydrogens (tertiary/aromatic N) is 1. The van der Waals surface area contributed by atoms with Crippen LogP contribution in [0, 0.1) is 0 Å². The van der Waals surface area contributed by atoms with Crippen molar-refractivity contribution in [2.24, 2.45) is 0 Å². The lowest BCUT2D eigenvalue weighted by Crippen LogP contribution is -2.34. The molecule has 3 nitrogen and oxygen atoms in total. The molecule has 0 spiro atoms. The second kappa shape index (κ2) is 9.24. The molecule has 0 amide bonds. The highest BCUT2D eigenvalue weighted by Crippen LogP contribution is 2.30. The van der Waals surface area contributed by atoms with Gasteiger partial charge in [-0.25, -0.2) is 0 Å². The van der Waals surface area contributed by atoms with Gasteiger partial charge >= 0.3 is 0 Å². The minimum Gasteiger partial charge on any atom is -0.490 e. The van der Waals surface area contributed by atoms with Crippen LogP contribution in [0.15, 0.2) is 42.5 Å². The van der Waals surface area contributed by atoms with E-state index in [0.717, 1.165) is 40.7 Å². The van der Waals surface area contributed by atoms with Gasteiger partial charge < -0.3 is 14.4 Å². The maximum atomic E-state index is 6.04. The summed E-state index contributed by atoms with van der Waals surface area (Å²) in [6, 6.07) is 13.6. The second-order valence-corrected chi connectivity index (χ2v) is 7.19. The Morgan fingerprint density at radius 3 is 2.58 bits per heavy atom. The molecule has 2 aromatic rings. The topological polar surface area (TPSA) is 21.7 Å². The fraction of sp³-hybridized carbons (Fsp3) is 0.381. The summed E-state index contributed by atoms with van der Waals surface area (Å²) in [6.07, 6.45) is 3.71. The molecule has 0 saturated carbocycles. The summed E-state index contributed by atoms with van der Waals surface area (Å²) >= 11 is 11.7. The van der Waals surface area contributed by atoms with Crippen molar-refractivity contribution in [2.75, 3.05) is 19.7 Å². The van der Waals surface area contributed by atoms with Gasteiger partial charge in [0.25, 0.3) is 0 Å². The Labute approximate surface area is 165 Å². The van der Waals surface area contributed by atoms with E-state index < -0.39 is 0 Å². The molecule has 138 valence electrons. The van der Waals surface area contributed by atoms with Crippen LogP contribution in [0.2, 0.25) is 5.02 Å². The molecule has 0 aromatic heterocycles. The van der Waals surface area contributed by atoms with Gasteiger partial charge in [0, 0.05) is 23.7 Å². The highest BCUT2D eigenvalue weighted by molar-refractivity contribution is 7.80. The standard InChI is InChI=1S/C21H24ClNO2S/c1-2-24-20-14-17(21(26)23-11-4-3-5-12-23)9-10-19(20)25-15-16-7-6-8-18(22)13-16/h6-10,13-14H,2-5,11-12,15H2,1H3. The van der Waals surface area contributed by atoms with E-state index in [0.29, 0.717) is 18.2 Å². The van der Waals surface area contributed by atoms with Gasteiger partial charge in [-0.15, -0.1) is 0 Å². The van der Waals surface area contributed by atoms with Crippen LogP contribution in [0.4, 0.5) is 0 Å². The lowest BCUT2D eigenvalue weighted by Gasteiger charge is -2.29. The number of piperidine rings is 1. The van der Waals surface area contributed by atoms with Crippen molar-refractivity contribution in [1.82, 2.24) is 4.90 Å². The van der Waals surface area contributed by atoms with Gasteiger partial charge in [-0.3, -0.25) is 0 Å². The molecular formula is C21H24ClNO2S. The van der Waals surface area contributed by atoms with E-state index in [1.54, 1.807) is 0 Å². The average molecular weight is 390 g/mol. The molecule has 1 aliphatic rings. The number of hydrogen-bond acceptors (Lipinski definition) is 3. The fourth-order valence-electron chi connectivity index (χ4n) is 3.10. The van der Waals surface area contributed by atoms with Gasteiger partial charge in [0.05, 0.1) is 6.61 Å². The minimum absolute atomic E-state index is 0.441. The van der Waals surface area contributed by atoms with Crippen LogP contribution in [0.1, 0.15) is 37.3 Å². The Morgan fingerprint density at radius 2 is 1.85 bits per heavy atom. The minimum atomic E-state index is 0.441. The van der Waals surface area contributed by atoms with Crippen molar-refractivity contribution < 1.29 is 9.47 Å². The van der Waals surface area contributed by atoms with Crippen LogP contribution in [-0.2, 0) is 6.61 Å². The third-order valence-electron chi connectivity index (χ3n) is 4.42. The largest absolute Gasteiger partial charge is 0.490 e. The Morgan fingerprint density at radius 1 is 1.04 bits per heavy atom. The Balaban J connectivity index is 1.74. The van der Waals surface area contributed by atoms with E-state index in [4.69, 9.17) is 33.3 Å². The highest BCUT2D eigenvalue weighted by Gasteiger charge is 2.17.